The molecule has 0 saturated carbocycles. The van der Waals surface area contributed by atoms with Crippen molar-refractivity contribution in [2.24, 2.45) is 5.73 Å². The molecule has 2 aromatic carbocycles. The van der Waals surface area contributed by atoms with Crippen molar-refractivity contribution in [3.8, 4) is 5.75 Å². The van der Waals surface area contributed by atoms with E-state index in [1.807, 2.05) is 42.5 Å². The quantitative estimate of drug-likeness (QED) is 0.712. The Morgan fingerprint density at radius 3 is 2.76 bits per heavy atom. The highest BCUT2D eigenvalue weighted by Gasteiger charge is 2.25. The zero-order chi connectivity index (χ0) is 20.8. The van der Waals surface area contributed by atoms with Crippen molar-refractivity contribution >= 4 is 23.2 Å². The van der Waals surface area contributed by atoms with Gasteiger partial charge in [-0.15, -0.1) is 0 Å². The van der Waals surface area contributed by atoms with E-state index in [0.717, 1.165) is 29.0 Å². The number of methoxy groups -OCH3 is 2. The predicted octanol–water partition coefficient (Wildman–Crippen LogP) is 2.13. The lowest BCUT2D eigenvalue weighted by atomic mass is 10.1. The summed E-state index contributed by atoms with van der Waals surface area (Å²) in [5.41, 5.74) is 9.07. The Balaban J connectivity index is 1.70. The third kappa shape index (κ3) is 5.13. The number of rotatable bonds is 8. The second kappa shape index (κ2) is 9.54. The molecule has 154 valence electrons. The van der Waals surface area contributed by atoms with Crippen LogP contribution in [0.3, 0.4) is 0 Å². The van der Waals surface area contributed by atoms with Gasteiger partial charge in [0.05, 0.1) is 26.1 Å². The van der Waals surface area contributed by atoms with Crippen LogP contribution in [-0.2, 0) is 27.2 Å². The molecule has 1 aliphatic heterocycles. The van der Waals surface area contributed by atoms with Crippen LogP contribution in [0.15, 0.2) is 42.5 Å². The number of fused-ring (bicyclic) bond motifs is 1. The molecule has 0 spiro atoms. The lowest BCUT2D eigenvalue weighted by molar-refractivity contribution is -0.119. The molecule has 1 heterocycles. The normalized spacial score (nSPS) is 13.7. The minimum Gasteiger partial charge on any atom is -0.497 e. The fourth-order valence-corrected chi connectivity index (χ4v) is 3.45. The van der Waals surface area contributed by atoms with Crippen LogP contribution in [0.2, 0.25) is 0 Å². The largest absolute Gasteiger partial charge is 0.497 e. The summed E-state index contributed by atoms with van der Waals surface area (Å²) < 4.78 is 10.4. The van der Waals surface area contributed by atoms with Crippen LogP contribution >= 0.6 is 0 Å². The van der Waals surface area contributed by atoms with E-state index in [0.29, 0.717) is 18.7 Å². The molecule has 3 rings (SSSR count). The number of ether oxygens (including phenoxy) is 2. The lowest BCUT2D eigenvalue weighted by Crippen LogP contribution is -2.30. The number of carbonyl (C=O) groups excluding carboxylic acids is 2. The molecule has 0 radical (unpaired) electrons. The van der Waals surface area contributed by atoms with Crippen LogP contribution < -0.4 is 20.7 Å². The molecule has 7 heteroatoms. The third-order valence-electron chi connectivity index (χ3n) is 5.06. The molecule has 1 aliphatic rings. The van der Waals surface area contributed by atoms with Crippen LogP contribution in [0.5, 0.6) is 5.75 Å². The fraction of sp³-hybridized carbons (Fsp3) is 0.364. The highest BCUT2D eigenvalue weighted by atomic mass is 16.5. The van der Waals surface area contributed by atoms with Crippen molar-refractivity contribution in [2.75, 3.05) is 37.5 Å². The molecule has 1 atom stereocenters. The molecule has 3 N–H and O–H groups in total. The van der Waals surface area contributed by atoms with Crippen molar-refractivity contribution in [1.29, 1.82) is 0 Å². The number of hydrogen-bond donors (Lipinski definition) is 2. The molecule has 0 fully saturated rings. The Morgan fingerprint density at radius 1 is 1.21 bits per heavy atom. The van der Waals surface area contributed by atoms with E-state index in [1.54, 1.807) is 12.0 Å². The number of nitrogens with zero attached hydrogens (tertiary/aromatic N) is 1. The molecule has 0 aliphatic carbocycles. The van der Waals surface area contributed by atoms with E-state index in [1.165, 1.54) is 7.11 Å². The molecule has 7 nitrogen and oxygen atoms in total. The van der Waals surface area contributed by atoms with Crippen molar-refractivity contribution in [1.82, 2.24) is 0 Å². The van der Waals surface area contributed by atoms with E-state index in [4.69, 9.17) is 15.2 Å². The molecular weight excluding hydrogens is 370 g/mol. The summed E-state index contributed by atoms with van der Waals surface area (Å²) >= 11 is 0. The average Bonchev–Trinajstić information content (AvgIpc) is 3.15. The van der Waals surface area contributed by atoms with E-state index in [9.17, 15) is 9.59 Å². The Kier molecular flexibility index (Phi) is 6.85. The third-order valence-corrected chi connectivity index (χ3v) is 5.06. The number of nitrogens with two attached hydrogens (primary N) is 1. The van der Waals surface area contributed by atoms with E-state index in [-0.39, 0.29) is 30.9 Å². The van der Waals surface area contributed by atoms with Gasteiger partial charge in [0.25, 0.3) is 0 Å². The van der Waals surface area contributed by atoms with Gasteiger partial charge in [-0.25, -0.2) is 0 Å². The second-order valence-electron chi connectivity index (χ2n) is 7.01. The number of nitrogens with one attached hydrogen (secondary N) is 1. The summed E-state index contributed by atoms with van der Waals surface area (Å²) in [4.78, 5) is 26.9. The topological polar surface area (TPSA) is 93.9 Å². The summed E-state index contributed by atoms with van der Waals surface area (Å²) in [6.07, 6.45) is 0.957. The standard InChI is InChI=1S/C22H27N3O4/c1-28-18-5-3-4-15(10-18)11-22(27)25-9-8-16-6-7-17(12-20(16)25)24-21(26)13-19(14-23)29-2/h3-7,10,12,19H,8-9,11,13-14,23H2,1-2H3,(H,24,26). The van der Waals surface area contributed by atoms with Gasteiger partial charge in [0.15, 0.2) is 0 Å². The van der Waals surface area contributed by atoms with Gasteiger partial charge in [-0.2, -0.15) is 0 Å². The first-order valence-corrected chi connectivity index (χ1v) is 9.63. The average molecular weight is 397 g/mol. The second-order valence-corrected chi connectivity index (χ2v) is 7.01. The van der Waals surface area contributed by atoms with Crippen molar-refractivity contribution in [2.45, 2.75) is 25.4 Å². The predicted molar refractivity (Wildman–Crippen MR) is 112 cm³/mol. The number of benzene rings is 2. The first-order chi connectivity index (χ1) is 14.0. The van der Waals surface area contributed by atoms with Crippen LogP contribution in [0.1, 0.15) is 17.5 Å². The van der Waals surface area contributed by atoms with E-state index >= 15 is 0 Å². The zero-order valence-electron chi connectivity index (χ0n) is 16.8. The first kappa shape index (κ1) is 20.8. The van der Waals surface area contributed by atoms with E-state index in [2.05, 4.69) is 5.32 Å². The number of carbonyl (C=O) groups is 2. The molecule has 29 heavy (non-hydrogen) atoms. The Bertz CT molecular complexity index is 880. The maximum absolute atomic E-state index is 12.9. The molecule has 2 aromatic rings. The molecule has 0 saturated heterocycles. The van der Waals surface area contributed by atoms with Gasteiger partial charge in [0.2, 0.25) is 11.8 Å². The SMILES string of the molecule is COc1cccc(CC(=O)N2CCc3ccc(NC(=O)CC(CN)OC)cc32)c1. The lowest BCUT2D eigenvalue weighted by Gasteiger charge is -2.19. The maximum Gasteiger partial charge on any atom is 0.231 e. The molecular formula is C22H27N3O4. The van der Waals surface area contributed by atoms with Gasteiger partial charge in [-0.1, -0.05) is 18.2 Å². The maximum atomic E-state index is 12.9. The number of hydrogen-bond acceptors (Lipinski definition) is 5. The van der Waals surface area contributed by atoms with Crippen molar-refractivity contribution in [3.63, 3.8) is 0 Å². The number of anilines is 2. The summed E-state index contributed by atoms with van der Waals surface area (Å²) in [6, 6.07) is 13.2. The molecule has 2 amide bonds. The molecule has 1 unspecified atom stereocenters. The molecule has 0 aromatic heterocycles. The highest BCUT2D eigenvalue weighted by Crippen LogP contribution is 2.31. The first-order valence-electron chi connectivity index (χ1n) is 9.63. The summed E-state index contributed by atoms with van der Waals surface area (Å²) in [5, 5.41) is 2.87. The van der Waals surface area contributed by atoms with Crippen molar-refractivity contribution < 1.29 is 19.1 Å². The van der Waals surface area contributed by atoms with E-state index < -0.39 is 0 Å². The van der Waals surface area contributed by atoms with Gasteiger partial charge in [-0.05, 0) is 41.8 Å². The van der Waals surface area contributed by atoms with Gasteiger partial charge in [-0.3, -0.25) is 9.59 Å². The van der Waals surface area contributed by atoms with Gasteiger partial charge < -0.3 is 25.4 Å². The van der Waals surface area contributed by atoms with Crippen molar-refractivity contribution in [3.05, 3.63) is 53.6 Å². The van der Waals surface area contributed by atoms with Crippen LogP contribution in [0.4, 0.5) is 11.4 Å². The Hall–Kier alpha value is -2.90. The summed E-state index contributed by atoms with van der Waals surface area (Å²) in [5.74, 6) is 0.575. The fourth-order valence-electron chi connectivity index (χ4n) is 3.45. The minimum atomic E-state index is -0.314. The van der Waals surface area contributed by atoms with Crippen LogP contribution in [-0.4, -0.2) is 45.2 Å². The van der Waals surface area contributed by atoms with Crippen LogP contribution in [0, 0.1) is 0 Å². The zero-order valence-corrected chi connectivity index (χ0v) is 16.8. The van der Waals surface area contributed by atoms with Gasteiger partial charge in [0.1, 0.15) is 5.75 Å². The highest BCUT2D eigenvalue weighted by molar-refractivity contribution is 5.98. The summed E-state index contributed by atoms with van der Waals surface area (Å²) in [6.45, 7) is 0.912. The Labute approximate surface area is 170 Å². The van der Waals surface area contributed by atoms with Gasteiger partial charge in [0, 0.05) is 31.6 Å². The molecule has 0 bridgehead atoms. The monoisotopic (exact) mass is 397 g/mol. The van der Waals surface area contributed by atoms with Gasteiger partial charge >= 0.3 is 0 Å². The van der Waals surface area contributed by atoms with Crippen LogP contribution in [0.25, 0.3) is 0 Å². The summed E-state index contributed by atoms with van der Waals surface area (Å²) in [7, 11) is 3.14. The Morgan fingerprint density at radius 2 is 2.03 bits per heavy atom. The minimum absolute atomic E-state index is 0.0167. The number of amides is 2. The smallest absolute Gasteiger partial charge is 0.231 e.